The zero-order chi connectivity index (χ0) is 22.2. The van der Waals surface area contributed by atoms with Crippen LogP contribution in [-0.2, 0) is 18.3 Å². The molecule has 7 N–H and O–H groups in total. The van der Waals surface area contributed by atoms with Crippen molar-refractivity contribution >= 4 is 30.2 Å². The van der Waals surface area contributed by atoms with Gasteiger partial charge in [-0.1, -0.05) is 12.8 Å². The quantitative estimate of drug-likeness (QED) is 0.122. The third-order valence-corrected chi connectivity index (χ3v) is 6.54. The van der Waals surface area contributed by atoms with E-state index in [4.69, 9.17) is 29.4 Å². The highest BCUT2D eigenvalue weighted by molar-refractivity contribution is 7.57. The molecule has 0 saturated heterocycles. The minimum atomic E-state index is -4.47. The SMILES string of the molecule is CP(=O)(O)CN(CCCCCCN(CP(=O)(O)O)CP(=O)(O)O)CP(=O)(O)O. The van der Waals surface area contributed by atoms with Gasteiger partial charge in [0.1, 0.15) is 18.9 Å². The van der Waals surface area contributed by atoms with Gasteiger partial charge in [0.15, 0.2) is 0 Å². The Bertz CT molecular complexity index is 547. The van der Waals surface area contributed by atoms with Gasteiger partial charge in [-0.25, -0.2) is 0 Å². The lowest BCUT2D eigenvalue weighted by Gasteiger charge is -2.24. The van der Waals surface area contributed by atoms with Gasteiger partial charge in [0, 0.05) is 6.66 Å². The molecule has 0 heterocycles. The van der Waals surface area contributed by atoms with Crippen LogP contribution >= 0.6 is 30.2 Å². The Balaban J connectivity index is 4.41. The summed E-state index contributed by atoms with van der Waals surface area (Å²) in [5.41, 5.74) is 0. The van der Waals surface area contributed by atoms with E-state index in [2.05, 4.69) is 0 Å². The molecule has 0 aromatic heterocycles. The standard InChI is InChI=1S/C11H30N2O11P4/c1-25(14,15)8-12(9-26(16,17)18)6-4-2-3-5-7-13(10-27(19,20)21)11-28(22,23)24/h2-11H2,1H3,(H,14,15)(H2,16,17,18)(H2,19,20,21)(H2,22,23,24). The molecule has 0 aliphatic carbocycles. The molecule has 0 spiro atoms. The van der Waals surface area contributed by atoms with Crippen LogP contribution < -0.4 is 0 Å². The normalized spacial score (nSPS) is 15.9. The summed E-state index contributed by atoms with van der Waals surface area (Å²) < 4.78 is 44.7. The van der Waals surface area contributed by atoms with Gasteiger partial charge in [-0.3, -0.25) is 28.1 Å². The third-order valence-electron chi connectivity index (χ3n) is 3.31. The minimum Gasteiger partial charge on any atom is -0.344 e. The van der Waals surface area contributed by atoms with Gasteiger partial charge >= 0.3 is 22.8 Å². The summed E-state index contributed by atoms with van der Waals surface area (Å²) in [6.07, 6.45) is -0.586. The molecule has 0 rings (SSSR count). The molecule has 170 valence electrons. The van der Waals surface area contributed by atoms with E-state index in [1.54, 1.807) is 0 Å². The number of hydrogen-bond acceptors (Lipinski definition) is 6. The van der Waals surface area contributed by atoms with Crippen molar-refractivity contribution < 1.29 is 52.5 Å². The molecule has 0 bridgehead atoms. The van der Waals surface area contributed by atoms with E-state index >= 15 is 0 Å². The zero-order valence-electron chi connectivity index (χ0n) is 15.5. The van der Waals surface area contributed by atoms with E-state index in [-0.39, 0.29) is 19.4 Å². The summed E-state index contributed by atoms with van der Waals surface area (Å²) in [7, 11) is -16.8. The predicted octanol–water partition coefficient (Wildman–Crippen LogP) is 0.414. The average molecular weight is 490 g/mol. The number of unbranched alkanes of at least 4 members (excludes halogenated alkanes) is 3. The second kappa shape index (κ2) is 11.8. The van der Waals surface area contributed by atoms with E-state index in [1.807, 2.05) is 0 Å². The van der Waals surface area contributed by atoms with Crippen molar-refractivity contribution in [2.45, 2.75) is 25.7 Å². The largest absolute Gasteiger partial charge is 0.344 e. The van der Waals surface area contributed by atoms with Crippen molar-refractivity contribution in [2.24, 2.45) is 0 Å². The van der Waals surface area contributed by atoms with Crippen LogP contribution in [0.2, 0.25) is 0 Å². The fourth-order valence-corrected chi connectivity index (χ4v) is 6.14. The predicted molar refractivity (Wildman–Crippen MR) is 103 cm³/mol. The highest BCUT2D eigenvalue weighted by Gasteiger charge is 2.26. The summed E-state index contributed by atoms with van der Waals surface area (Å²) in [5, 5.41) is 0. The Morgan fingerprint density at radius 2 is 0.821 bits per heavy atom. The molecule has 1 unspecified atom stereocenters. The summed E-state index contributed by atoms with van der Waals surface area (Å²) in [6, 6.07) is 0. The Kier molecular flexibility index (Phi) is 12.1. The topological polar surface area (TPSA) is 216 Å². The first-order valence-corrected chi connectivity index (χ1v) is 15.9. The molecular formula is C11H30N2O11P4. The molecule has 28 heavy (non-hydrogen) atoms. The molecule has 0 radical (unpaired) electrons. The minimum absolute atomic E-state index is 0.0587. The van der Waals surface area contributed by atoms with Gasteiger partial charge in [0.05, 0.1) is 6.29 Å². The molecule has 0 fully saturated rings. The fourth-order valence-electron chi connectivity index (χ4n) is 2.55. The first-order valence-electron chi connectivity index (χ1n) is 8.24. The van der Waals surface area contributed by atoms with Crippen molar-refractivity contribution in [3.63, 3.8) is 0 Å². The van der Waals surface area contributed by atoms with Gasteiger partial charge < -0.3 is 34.3 Å². The van der Waals surface area contributed by atoms with E-state index < -0.39 is 49.0 Å². The zero-order valence-corrected chi connectivity index (χ0v) is 19.1. The smallest absolute Gasteiger partial charge is 0.339 e. The maximum absolute atomic E-state index is 11.5. The van der Waals surface area contributed by atoms with Crippen LogP contribution in [0.1, 0.15) is 25.7 Å². The van der Waals surface area contributed by atoms with E-state index in [1.165, 1.54) is 4.90 Å². The molecule has 0 saturated carbocycles. The molecule has 0 aliphatic heterocycles. The van der Waals surface area contributed by atoms with Crippen molar-refractivity contribution in [3.05, 3.63) is 0 Å². The maximum atomic E-state index is 11.5. The molecule has 0 amide bonds. The van der Waals surface area contributed by atoms with Gasteiger partial charge in [-0.05, 0) is 25.9 Å². The van der Waals surface area contributed by atoms with Gasteiger partial charge in [-0.15, -0.1) is 0 Å². The van der Waals surface area contributed by atoms with Crippen molar-refractivity contribution in [1.82, 2.24) is 9.80 Å². The number of nitrogens with zero attached hydrogens (tertiary/aromatic N) is 2. The van der Waals surface area contributed by atoms with Gasteiger partial charge in [0.2, 0.25) is 7.37 Å². The number of hydrogen-bond donors (Lipinski definition) is 7. The summed E-state index contributed by atoms with van der Waals surface area (Å²) in [5.74, 6) is 0. The highest BCUT2D eigenvalue weighted by atomic mass is 31.2. The Morgan fingerprint density at radius 3 is 1.07 bits per heavy atom. The number of rotatable bonds is 15. The van der Waals surface area contributed by atoms with Crippen LogP contribution in [-0.4, -0.2) is 89.0 Å². The molecular weight excluding hydrogens is 460 g/mol. The van der Waals surface area contributed by atoms with Crippen LogP contribution in [0.15, 0.2) is 0 Å². The van der Waals surface area contributed by atoms with Crippen molar-refractivity contribution in [3.8, 4) is 0 Å². The maximum Gasteiger partial charge on any atom is 0.339 e. The Labute approximate surface area is 163 Å². The van der Waals surface area contributed by atoms with Crippen molar-refractivity contribution in [1.29, 1.82) is 0 Å². The second-order valence-corrected chi connectivity index (χ2v) is 14.0. The molecule has 0 aromatic carbocycles. The van der Waals surface area contributed by atoms with Crippen LogP contribution in [0.25, 0.3) is 0 Å². The fraction of sp³-hybridized carbons (Fsp3) is 1.00. The third kappa shape index (κ3) is 19.9. The lowest BCUT2D eigenvalue weighted by molar-refractivity contribution is 0.269. The van der Waals surface area contributed by atoms with Crippen molar-refractivity contribution in [2.75, 3.05) is 44.9 Å². The van der Waals surface area contributed by atoms with Crippen LogP contribution in [0, 0.1) is 0 Å². The molecule has 17 heteroatoms. The van der Waals surface area contributed by atoms with E-state index in [0.717, 1.165) is 11.6 Å². The average Bonchev–Trinajstić information content (AvgIpc) is 2.34. The summed E-state index contributed by atoms with van der Waals surface area (Å²) in [4.78, 5) is 65.6. The van der Waals surface area contributed by atoms with E-state index in [0.29, 0.717) is 25.7 Å². The van der Waals surface area contributed by atoms with E-state index in [9.17, 15) is 23.2 Å². The van der Waals surface area contributed by atoms with Gasteiger partial charge in [0.25, 0.3) is 0 Å². The molecule has 0 aromatic rings. The highest BCUT2D eigenvalue weighted by Crippen LogP contribution is 2.42. The summed E-state index contributed by atoms with van der Waals surface area (Å²) >= 11 is 0. The first-order chi connectivity index (χ1) is 12.4. The molecule has 1 atom stereocenters. The second-order valence-electron chi connectivity index (χ2n) is 6.81. The first kappa shape index (κ1) is 28.6. The molecule has 0 aliphatic rings. The lowest BCUT2D eigenvalue weighted by Crippen LogP contribution is -2.28. The monoisotopic (exact) mass is 490 g/mol. The van der Waals surface area contributed by atoms with Gasteiger partial charge in [-0.2, -0.15) is 0 Å². The van der Waals surface area contributed by atoms with Crippen LogP contribution in [0.4, 0.5) is 0 Å². The lowest BCUT2D eigenvalue weighted by atomic mass is 10.2. The molecule has 13 nitrogen and oxygen atoms in total. The van der Waals surface area contributed by atoms with Crippen LogP contribution in [0.5, 0.6) is 0 Å². The Hall–Kier alpha value is 0.560. The summed E-state index contributed by atoms with van der Waals surface area (Å²) in [6.45, 7) is 1.33. The Morgan fingerprint density at radius 1 is 0.536 bits per heavy atom. The van der Waals surface area contributed by atoms with Crippen LogP contribution in [0.3, 0.4) is 0 Å².